The zero-order valence-corrected chi connectivity index (χ0v) is 6.43. The topological polar surface area (TPSA) is 0 Å². The molecule has 0 unspecified atom stereocenters. The summed E-state index contributed by atoms with van der Waals surface area (Å²) in [5.41, 5.74) is 1.04. The first kappa shape index (κ1) is 6.56. The van der Waals surface area contributed by atoms with Crippen molar-refractivity contribution in [1.82, 2.24) is 0 Å². The Balaban J connectivity index is 3.01. The van der Waals surface area contributed by atoms with Crippen LogP contribution in [0.4, 0.5) is 0 Å². The fraction of sp³-hybridized carbons (Fsp3) is 0. The number of hydrogen-bond donors (Lipinski definition) is 0. The highest BCUT2D eigenvalue weighted by Crippen LogP contribution is 2.10. The van der Waals surface area contributed by atoms with Crippen LogP contribution in [0.15, 0.2) is 28.7 Å². The Morgan fingerprint density at radius 2 is 1.78 bits per heavy atom. The van der Waals surface area contributed by atoms with Gasteiger partial charge in [-0.25, -0.2) is 0 Å². The molecule has 0 aliphatic heterocycles. The van der Waals surface area contributed by atoms with Gasteiger partial charge in [-0.3, -0.25) is 0 Å². The van der Waals surface area contributed by atoms with E-state index in [0.29, 0.717) is 0 Å². The lowest BCUT2D eigenvalue weighted by Crippen LogP contribution is -1.67. The van der Waals surface area contributed by atoms with E-state index in [1.165, 1.54) is 0 Å². The third kappa shape index (κ3) is 1.68. The fourth-order valence-electron chi connectivity index (χ4n) is 0.574. The third-order valence-electron chi connectivity index (χ3n) is 1.06. The Morgan fingerprint density at radius 1 is 1.22 bits per heavy atom. The van der Waals surface area contributed by atoms with Gasteiger partial charge in [0.2, 0.25) is 0 Å². The number of benzene rings is 1. The molecule has 1 heteroatoms. The second-order valence-electron chi connectivity index (χ2n) is 1.72. The van der Waals surface area contributed by atoms with E-state index in [4.69, 9.17) is 6.58 Å². The highest BCUT2D eigenvalue weighted by molar-refractivity contribution is 9.10. The Labute approximate surface area is 63.3 Å². The monoisotopic (exact) mass is 181 g/mol. The molecule has 0 N–H and O–H groups in total. The van der Waals surface area contributed by atoms with Crippen LogP contribution in [0.3, 0.4) is 0 Å². The average Bonchev–Trinajstić information content (AvgIpc) is 1.90. The van der Waals surface area contributed by atoms with E-state index in [-0.39, 0.29) is 0 Å². The van der Waals surface area contributed by atoms with Gasteiger partial charge >= 0.3 is 0 Å². The standard InChI is InChI=1S/C8H6Br/c1-2-7-3-5-8(9)6-4-7/h1-6H. The van der Waals surface area contributed by atoms with Crippen molar-refractivity contribution in [3.05, 3.63) is 40.9 Å². The van der Waals surface area contributed by atoms with Crippen molar-refractivity contribution in [2.75, 3.05) is 0 Å². The molecule has 0 nitrogen and oxygen atoms in total. The van der Waals surface area contributed by atoms with E-state index in [2.05, 4.69) is 15.9 Å². The largest absolute Gasteiger partial charge is 0.0617 e. The highest BCUT2D eigenvalue weighted by Gasteiger charge is 1.83. The van der Waals surface area contributed by atoms with Gasteiger partial charge in [-0.1, -0.05) is 40.7 Å². The van der Waals surface area contributed by atoms with Gasteiger partial charge in [0.05, 0.1) is 0 Å². The maximum Gasteiger partial charge on any atom is 0.0175 e. The molecule has 1 rings (SSSR count). The third-order valence-corrected chi connectivity index (χ3v) is 1.59. The first-order valence-corrected chi connectivity index (χ1v) is 3.43. The molecular formula is C8H6Br. The van der Waals surface area contributed by atoms with E-state index < -0.39 is 0 Å². The molecule has 0 bridgehead atoms. The summed E-state index contributed by atoms with van der Waals surface area (Å²) < 4.78 is 1.08. The molecule has 0 aromatic heterocycles. The van der Waals surface area contributed by atoms with Gasteiger partial charge in [-0.05, 0) is 17.7 Å². The first-order chi connectivity index (χ1) is 4.33. The molecule has 0 spiro atoms. The van der Waals surface area contributed by atoms with Crippen LogP contribution in [0, 0.1) is 6.58 Å². The van der Waals surface area contributed by atoms with Gasteiger partial charge in [0.1, 0.15) is 0 Å². The molecule has 0 heterocycles. The summed E-state index contributed by atoms with van der Waals surface area (Å²) in [4.78, 5) is 0. The second-order valence-corrected chi connectivity index (χ2v) is 2.63. The fourth-order valence-corrected chi connectivity index (χ4v) is 0.838. The van der Waals surface area contributed by atoms with Crippen LogP contribution in [-0.2, 0) is 0 Å². The van der Waals surface area contributed by atoms with Crippen LogP contribution < -0.4 is 0 Å². The van der Waals surface area contributed by atoms with Crippen molar-refractivity contribution in [3.8, 4) is 0 Å². The molecule has 1 aromatic rings. The predicted molar refractivity (Wildman–Crippen MR) is 42.9 cm³/mol. The summed E-state index contributed by atoms with van der Waals surface area (Å²) in [7, 11) is 0. The van der Waals surface area contributed by atoms with Gasteiger partial charge in [0.15, 0.2) is 0 Å². The summed E-state index contributed by atoms with van der Waals surface area (Å²) in [6, 6.07) is 7.81. The second kappa shape index (κ2) is 2.83. The van der Waals surface area contributed by atoms with Crippen LogP contribution in [0.1, 0.15) is 5.56 Å². The van der Waals surface area contributed by atoms with Crippen LogP contribution in [0.2, 0.25) is 0 Å². The molecule has 1 aromatic carbocycles. The molecule has 0 saturated heterocycles. The van der Waals surface area contributed by atoms with Crippen LogP contribution in [0.5, 0.6) is 0 Å². The minimum atomic E-state index is 1.04. The Kier molecular flexibility index (Phi) is 2.06. The molecule has 0 amide bonds. The van der Waals surface area contributed by atoms with E-state index in [1.54, 1.807) is 6.08 Å². The number of rotatable bonds is 1. The molecule has 9 heavy (non-hydrogen) atoms. The quantitative estimate of drug-likeness (QED) is 0.626. The van der Waals surface area contributed by atoms with Gasteiger partial charge in [-0.2, -0.15) is 0 Å². The molecule has 0 aliphatic carbocycles. The van der Waals surface area contributed by atoms with Gasteiger partial charge in [0.25, 0.3) is 0 Å². The molecule has 0 atom stereocenters. The van der Waals surface area contributed by atoms with Gasteiger partial charge in [-0.15, -0.1) is 0 Å². The smallest absolute Gasteiger partial charge is 0.0175 e. The molecule has 0 saturated carbocycles. The summed E-state index contributed by atoms with van der Waals surface area (Å²) in [5, 5.41) is 0. The number of halogens is 1. The molecule has 0 fully saturated rings. The summed E-state index contributed by atoms with van der Waals surface area (Å²) >= 11 is 3.32. The van der Waals surface area contributed by atoms with Gasteiger partial charge in [0, 0.05) is 4.47 Å². The zero-order chi connectivity index (χ0) is 6.69. The Hall–Kier alpha value is -0.560. The van der Waals surface area contributed by atoms with Crippen LogP contribution in [-0.4, -0.2) is 0 Å². The molecule has 1 radical (unpaired) electrons. The lowest BCUT2D eigenvalue weighted by atomic mass is 10.2. The zero-order valence-electron chi connectivity index (χ0n) is 4.84. The minimum Gasteiger partial charge on any atom is -0.0617 e. The summed E-state index contributed by atoms with van der Waals surface area (Å²) in [6.07, 6.45) is 1.58. The summed E-state index contributed by atoms with van der Waals surface area (Å²) in [6.45, 7) is 5.26. The predicted octanol–water partition coefficient (Wildman–Crippen LogP) is 2.90. The van der Waals surface area contributed by atoms with Crippen molar-refractivity contribution in [1.29, 1.82) is 0 Å². The first-order valence-electron chi connectivity index (χ1n) is 2.63. The Morgan fingerprint density at radius 3 is 2.22 bits per heavy atom. The molecule has 0 aliphatic rings. The van der Waals surface area contributed by atoms with E-state index >= 15 is 0 Å². The maximum atomic E-state index is 5.26. The lowest BCUT2D eigenvalue weighted by Gasteiger charge is -1.89. The van der Waals surface area contributed by atoms with E-state index in [1.807, 2.05) is 24.3 Å². The lowest BCUT2D eigenvalue weighted by molar-refractivity contribution is 1.62. The van der Waals surface area contributed by atoms with Crippen molar-refractivity contribution >= 4 is 22.0 Å². The average molecular weight is 182 g/mol. The van der Waals surface area contributed by atoms with Crippen LogP contribution in [0.25, 0.3) is 6.08 Å². The van der Waals surface area contributed by atoms with Gasteiger partial charge < -0.3 is 0 Å². The minimum absolute atomic E-state index is 1.04. The SMILES string of the molecule is [CH]=Cc1ccc(Br)cc1. The van der Waals surface area contributed by atoms with Crippen molar-refractivity contribution in [2.45, 2.75) is 0 Å². The van der Waals surface area contributed by atoms with E-state index in [9.17, 15) is 0 Å². The van der Waals surface area contributed by atoms with Crippen molar-refractivity contribution < 1.29 is 0 Å². The van der Waals surface area contributed by atoms with Crippen molar-refractivity contribution in [3.63, 3.8) is 0 Å². The maximum absolute atomic E-state index is 5.26. The normalized spacial score (nSPS) is 9.00. The molecule has 45 valence electrons. The number of hydrogen-bond acceptors (Lipinski definition) is 0. The highest BCUT2D eigenvalue weighted by atomic mass is 79.9. The Bertz CT molecular complexity index is 198. The van der Waals surface area contributed by atoms with E-state index in [0.717, 1.165) is 10.0 Å². The van der Waals surface area contributed by atoms with Crippen molar-refractivity contribution in [2.24, 2.45) is 0 Å². The summed E-state index contributed by atoms with van der Waals surface area (Å²) in [5.74, 6) is 0. The molecular weight excluding hydrogens is 176 g/mol. The van der Waals surface area contributed by atoms with Crippen LogP contribution >= 0.6 is 15.9 Å².